The molecule has 1 aliphatic heterocycles. The van der Waals surface area contributed by atoms with Gasteiger partial charge in [-0.2, -0.15) is 0 Å². The SMILES string of the molecule is COc1ccc2c(C3(O)CCN(C(=O)c4ccc(OC(F)(F)F)c(N)c4)CC3)ncnc2c1. The second kappa shape index (κ2) is 8.39. The summed E-state index contributed by atoms with van der Waals surface area (Å²) in [4.78, 5) is 22.9. The van der Waals surface area contributed by atoms with Crippen molar-refractivity contribution >= 4 is 22.5 Å². The molecule has 174 valence electrons. The molecule has 0 saturated carbocycles. The largest absolute Gasteiger partial charge is 0.573 e. The normalized spacial score (nSPS) is 16.0. The van der Waals surface area contributed by atoms with E-state index in [1.54, 1.807) is 25.3 Å². The van der Waals surface area contributed by atoms with E-state index in [9.17, 15) is 23.1 Å². The van der Waals surface area contributed by atoms with Gasteiger partial charge in [0, 0.05) is 30.1 Å². The van der Waals surface area contributed by atoms with Crippen LogP contribution >= 0.6 is 0 Å². The number of likely N-dealkylation sites (tertiary alicyclic amines) is 1. The van der Waals surface area contributed by atoms with Gasteiger partial charge in [-0.15, -0.1) is 13.2 Å². The van der Waals surface area contributed by atoms with Gasteiger partial charge in [0.2, 0.25) is 0 Å². The number of fused-ring (bicyclic) bond motifs is 1. The minimum absolute atomic E-state index is 0.132. The number of amides is 1. The maximum Gasteiger partial charge on any atom is 0.573 e. The maximum atomic E-state index is 12.9. The standard InChI is InChI=1S/C22H21F3N4O4/c1-32-14-3-4-15-17(11-14)27-12-28-19(15)21(31)6-8-29(9-7-21)20(30)13-2-5-18(16(26)10-13)33-22(23,24)25/h2-5,10-12,31H,6-9,26H2,1H3. The number of ether oxygens (including phenoxy) is 2. The van der Waals surface area contributed by atoms with Gasteiger partial charge in [0.25, 0.3) is 5.91 Å². The molecule has 8 nitrogen and oxygen atoms in total. The summed E-state index contributed by atoms with van der Waals surface area (Å²) in [5.41, 5.74) is 5.30. The Morgan fingerprint density at radius 3 is 2.52 bits per heavy atom. The molecule has 2 aromatic carbocycles. The Morgan fingerprint density at radius 2 is 1.88 bits per heavy atom. The van der Waals surface area contributed by atoms with Crippen molar-refractivity contribution in [3.8, 4) is 11.5 Å². The molecule has 0 radical (unpaired) electrons. The van der Waals surface area contributed by atoms with E-state index in [2.05, 4.69) is 14.7 Å². The first kappa shape index (κ1) is 22.6. The highest BCUT2D eigenvalue weighted by molar-refractivity contribution is 5.95. The highest BCUT2D eigenvalue weighted by Gasteiger charge is 2.38. The van der Waals surface area contributed by atoms with Crippen molar-refractivity contribution in [3.05, 3.63) is 54.0 Å². The molecule has 1 amide bonds. The van der Waals surface area contributed by atoms with Crippen LogP contribution in [0.4, 0.5) is 18.9 Å². The number of benzene rings is 2. The van der Waals surface area contributed by atoms with Crippen LogP contribution in [0, 0.1) is 0 Å². The zero-order valence-corrected chi connectivity index (χ0v) is 17.6. The molecule has 0 bridgehead atoms. The van der Waals surface area contributed by atoms with Crippen LogP contribution in [0.2, 0.25) is 0 Å². The number of anilines is 1. The van der Waals surface area contributed by atoms with Crippen molar-refractivity contribution in [2.75, 3.05) is 25.9 Å². The number of halogens is 3. The van der Waals surface area contributed by atoms with Crippen LogP contribution in [0.5, 0.6) is 11.5 Å². The molecule has 0 aliphatic carbocycles. The zero-order valence-electron chi connectivity index (χ0n) is 17.6. The lowest BCUT2D eigenvalue weighted by molar-refractivity contribution is -0.274. The first-order valence-corrected chi connectivity index (χ1v) is 10.1. The molecule has 3 aromatic rings. The second-order valence-electron chi connectivity index (χ2n) is 7.73. The Labute approximate surface area is 186 Å². The summed E-state index contributed by atoms with van der Waals surface area (Å²) in [6.07, 6.45) is -3.06. The number of carbonyl (C=O) groups is 1. The fourth-order valence-electron chi connectivity index (χ4n) is 3.93. The van der Waals surface area contributed by atoms with Gasteiger partial charge >= 0.3 is 6.36 Å². The fourth-order valence-corrected chi connectivity index (χ4v) is 3.93. The number of rotatable bonds is 4. The first-order chi connectivity index (χ1) is 15.6. The van der Waals surface area contributed by atoms with Crippen molar-refractivity contribution in [1.29, 1.82) is 0 Å². The summed E-state index contributed by atoms with van der Waals surface area (Å²) in [5.74, 6) is -0.343. The maximum absolute atomic E-state index is 12.9. The molecule has 1 saturated heterocycles. The molecule has 1 aliphatic rings. The molecule has 4 rings (SSSR count). The summed E-state index contributed by atoms with van der Waals surface area (Å²) in [6, 6.07) is 8.68. The quantitative estimate of drug-likeness (QED) is 0.573. The van der Waals surface area contributed by atoms with E-state index in [0.717, 1.165) is 12.1 Å². The Bertz CT molecular complexity index is 1190. The number of aliphatic hydroxyl groups is 1. The number of nitrogens with zero attached hydrogens (tertiary/aromatic N) is 3. The Balaban J connectivity index is 1.50. The zero-order chi connectivity index (χ0) is 23.8. The molecule has 0 spiro atoms. The summed E-state index contributed by atoms with van der Waals surface area (Å²) < 4.78 is 46.3. The summed E-state index contributed by atoms with van der Waals surface area (Å²) in [7, 11) is 1.55. The highest BCUT2D eigenvalue weighted by atomic mass is 19.4. The summed E-state index contributed by atoms with van der Waals surface area (Å²) in [6.45, 7) is 0.440. The van der Waals surface area contributed by atoms with Gasteiger partial charge in [-0.05, 0) is 43.2 Å². The third kappa shape index (κ3) is 4.63. The van der Waals surface area contributed by atoms with Crippen molar-refractivity contribution < 1.29 is 32.5 Å². The second-order valence-corrected chi connectivity index (χ2v) is 7.73. The lowest BCUT2D eigenvalue weighted by Crippen LogP contribution is -2.45. The molecular weight excluding hydrogens is 441 g/mol. The van der Waals surface area contributed by atoms with Crippen LogP contribution < -0.4 is 15.2 Å². The number of methoxy groups -OCH3 is 1. The van der Waals surface area contributed by atoms with Crippen LogP contribution in [-0.2, 0) is 5.60 Å². The Kier molecular flexibility index (Phi) is 5.75. The van der Waals surface area contributed by atoms with Crippen LogP contribution in [0.15, 0.2) is 42.7 Å². The van der Waals surface area contributed by atoms with E-state index in [1.165, 1.54) is 17.3 Å². The average Bonchev–Trinajstić information content (AvgIpc) is 2.78. The van der Waals surface area contributed by atoms with Crippen molar-refractivity contribution in [2.24, 2.45) is 0 Å². The number of carbonyl (C=O) groups excluding carboxylic acids is 1. The third-order valence-corrected chi connectivity index (χ3v) is 5.64. The monoisotopic (exact) mass is 462 g/mol. The number of aromatic nitrogens is 2. The Morgan fingerprint density at radius 1 is 1.15 bits per heavy atom. The number of nitrogens with two attached hydrogens (primary N) is 1. The van der Waals surface area contributed by atoms with Gasteiger partial charge in [-0.1, -0.05) is 0 Å². The van der Waals surface area contributed by atoms with Gasteiger partial charge in [0.15, 0.2) is 5.75 Å². The molecule has 1 aromatic heterocycles. The van der Waals surface area contributed by atoms with Crippen LogP contribution in [-0.4, -0.2) is 52.4 Å². The molecular formula is C22H21F3N4O4. The van der Waals surface area contributed by atoms with E-state index >= 15 is 0 Å². The number of piperidine rings is 1. The summed E-state index contributed by atoms with van der Waals surface area (Å²) in [5, 5.41) is 12.0. The van der Waals surface area contributed by atoms with Crippen LogP contribution in [0.3, 0.4) is 0 Å². The van der Waals surface area contributed by atoms with Crippen LogP contribution in [0.25, 0.3) is 10.9 Å². The lowest BCUT2D eigenvalue weighted by Gasteiger charge is -2.38. The van der Waals surface area contributed by atoms with E-state index in [0.29, 0.717) is 22.3 Å². The highest BCUT2D eigenvalue weighted by Crippen LogP contribution is 2.36. The van der Waals surface area contributed by atoms with Crippen molar-refractivity contribution in [1.82, 2.24) is 14.9 Å². The van der Waals surface area contributed by atoms with Crippen LogP contribution in [0.1, 0.15) is 28.9 Å². The number of alkyl halides is 3. The molecule has 0 atom stereocenters. The number of hydrogen-bond acceptors (Lipinski definition) is 7. The molecule has 0 unspecified atom stereocenters. The van der Waals surface area contributed by atoms with Gasteiger partial charge in [-0.3, -0.25) is 4.79 Å². The lowest BCUT2D eigenvalue weighted by atomic mass is 9.86. The van der Waals surface area contributed by atoms with E-state index in [1.807, 2.05) is 0 Å². The fraction of sp³-hybridized carbons (Fsp3) is 0.318. The van der Waals surface area contributed by atoms with Gasteiger partial charge < -0.3 is 25.2 Å². The molecule has 2 heterocycles. The van der Waals surface area contributed by atoms with Gasteiger partial charge in [0.05, 0.1) is 24.0 Å². The minimum atomic E-state index is -4.88. The first-order valence-electron chi connectivity index (χ1n) is 10.1. The minimum Gasteiger partial charge on any atom is -0.497 e. The third-order valence-electron chi connectivity index (χ3n) is 5.64. The van der Waals surface area contributed by atoms with Gasteiger partial charge in [0.1, 0.15) is 17.7 Å². The smallest absolute Gasteiger partial charge is 0.497 e. The van der Waals surface area contributed by atoms with Gasteiger partial charge in [-0.25, -0.2) is 9.97 Å². The van der Waals surface area contributed by atoms with E-state index in [4.69, 9.17) is 10.5 Å². The van der Waals surface area contributed by atoms with E-state index < -0.39 is 23.6 Å². The Hall–Kier alpha value is -3.60. The molecule has 3 N–H and O–H groups in total. The predicted octanol–water partition coefficient (Wildman–Crippen LogP) is 3.24. The van der Waals surface area contributed by atoms with Crippen molar-refractivity contribution in [2.45, 2.75) is 24.8 Å². The van der Waals surface area contributed by atoms with E-state index in [-0.39, 0.29) is 37.2 Å². The molecule has 33 heavy (non-hydrogen) atoms. The molecule has 1 fully saturated rings. The number of hydrogen-bond donors (Lipinski definition) is 2. The number of nitrogen functional groups attached to an aromatic ring is 1. The van der Waals surface area contributed by atoms with Crippen molar-refractivity contribution in [3.63, 3.8) is 0 Å². The predicted molar refractivity (Wildman–Crippen MR) is 113 cm³/mol. The summed E-state index contributed by atoms with van der Waals surface area (Å²) >= 11 is 0. The topological polar surface area (TPSA) is 111 Å². The average molecular weight is 462 g/mol. The molecule has 11 heteroatoms.